The van der Waals surface area contributed by atoms with Gasteiger partial charge in [0.2, 0.25) is 11.8 Å². The molecule has 2 N–H and O–H groups in total. The Hall–Kier alpha value is -4.44. The molecule has 0 fully saturated rings. The van der Waals surface area contributed by atoms with Crippen LogP contribution >= 0.6 is 0 Å². The molecule has 0 spiro atoms. The molecule has 1 aliphatic heterocycles. The van der Waals surface area contributed by atoms with Gasteiger partial charge < -0.3 is 10.6 Å². The summed E-state index contributed by atoms with van der Waals surface area (Å²) in [6.45, 7) is -0.0519. The molecule has 3 amide bonds. The summed E-state index contributed by atoms with van der Waals surface area (Å²) in [7, 11) is 0. The van der Waals surface area contributed by atoms with Gasteiger partial charge >= 0.3 is 0 Å². The first-order valence-electron chi connectivity index (χ1n) is 10.1. The number of benzene rings is 3. The molecule has 0 saturated heterocycles. The molecule has 7 heteroatoms. The molecule has 0 unspecified atom stereocenters. The average Bonchev–Trinajstić information content (AvgIpc) is 2.82. The lowest BCUT2D eigenvalue weighted by Gasteiger charge is -2.29. The number of carbonyl (C=O) groups excluding carboxylic acids is 3. The zero-order chi connectivity index (χ0) is 22.5. The van der Waals surface area contributed by atoms with Crippen LogP contribution < -0.4 is 15.5 Å². The Morgan fingerprint density at radius 2 is 1.72 bits per heavy atom. The molecule has 0 saturated carbocycles. The van der Waals surface area contributed by atoms with Gasteiger partial charge in [0.25, 0.3) is 5.91 Å². The number of hydrogen-bond acceptors (Lipinski definition) is 4. The van der Waals surface area contributed by atoms with Crippen molar-refractivity contribution in [2.24, 2.45) is 0 Å². The van der Waals surface area contributed by atoms with E-state index in [1.54, 1.807) is 54.6 Å². The maximum atomic E-state index is 13.0. The van der Waals surface area contributed by atoms with Gasteiger partial charge in [-0.25, -0.2) is 0 Å². The number of carbonyl (C=O) groups is 3. The highest BCUT2D eigenvalue weighted by Gasteiger charge is 2.27. The van der Waals surface area contributed by atoms with Gasteiger partial charge in [0.1, 0.15) is 6.54 Å². The summed E-state index contributed by atoms with van der Waals surface area (Å²) in [6.07, 6.45) is 0.858. The molecule has 32 heavy (non-hydrogen) atoms. The Labute approximate surface area is 185 Å². The normalized spacial score (nSPS) is 12.3. The van der Waals surface area contributed by atoms with Crippen molar-refractivity contribution in [2.75, 3.05) is 22.1 Å². The minimum Gasteiger partial charge on any atom is -0.326 e. The highest BCUT2D eigenvalue weighted by atomic mass is 16.2. The lowest BCUT2D eigenvalue weighted by atomic mass is 10.1. The van der Waals surface area contributed by atoms with E-state index in [0.29, 0.717) is 41.0 Å². The van der Waals surface area contributed by atoms with E-state index in [4.69, 9.17) is 5.26 Å². The molecule has 3 aromatic carbocycles. The second-order valence-electron chi connectivity index (χ2n) is 7.39. The summed E-state index contributed by atoms with van der Waals surface area (Å²) in [6, 6.07) is 23.0. The molecule has 0 bridgehead atoms. The summed E-state index contributed by atoms with van der Waals surface area (Å²) < 4.78 is 0. The number of aryl methyl sites for hydroxylation is 1. The maximum absolute atomic E-state index is 13.0. The summed E-state index contributed by atoms with van der Waals surface area (Å²) >= 11 is 0. The minimum absolute atomic E-state index is 0.0519. The van der Waals surface area contributed by atoms with Gasteiger partial charge in [-0.1, -0.05) is 24.3 Å². The molecule has 0 radical (unpaired) electrons. The van der Waals surface area contributed by atoms with Crippen molar-refractivity contribution < 1.29 is 14.4 Å². The zero-order valence-corrected chi connectivity index (χ0v) is 17.2. The predicted octanol–water partition coefficient (Wildman–Crippen LogP) is 3.73. The van der Waals surface area contributed by atoms with Gasteiger partial charge in [0, 0.05) is 17.7 Å². The standard InChI is InChI=1S/C25H20N4O3/c26-15-18-7-5-17(6-8-18)9-14-23(30)27-20-12-10-19(11-13-20)25(32)29-16-24(31)28-21-3-1-2-4-22(21)29/h1-8,10-13H,9,14,16H2,(H,27,30)(H,28,31). The van der Waals surface area contributed by atoms with Crippen LogP contribution in [0.1, 0.15) is 27.9 Å². The number of nitriles is 1. The van der Waals surface area contributed by atoms with Crippen molar-refractivity contribution in [3.63, 3.8) is 0 Å². The fourth-order valence-corrected chi connectivity index (χ4v) is 3.49. The average molecular weight is 424 g/mol. The van der Waals surface area contributed by atoms with E-state index in [1.165, 1.54) is 4.90 Å². The minimum atomic E-state index is -0.286. The van der Waals surface area contributed by atoms with Crippen LogP contribution in [-0.2, 0) is 16.0 Å². The van der Waals surface area contributed by atoms with Crippen LogP contribution in [0.5, 0.6) is 0 Å². The molecule has 1 heterocycles. The van der Waals surface area contributed by atoms with Gasteiger partial charge in [-0.2, -0.15) is 5.26 Å². The maximum Gasteiger partial charge on any atom is 0.258 e. The lowest BCUT2D eigenvalue weighted by Crippen LogP contribution is -2.42. The molecule has 7 nitrogen and oxygen atoms in total. The third-order valence-electron chi connectivity index (χ3n) is 5.16. The van der Waals surface area contributed by atoms with Gasteiger partial charge in [-0.15, -0.1) is 0 Å². The Morgan fingerprint density at radius 3 is 2.44 bits per heavy atom. The van der Waals surface area contributed by atoms with E-state index in [2.05, 4.69) is 16.7 Å². The van der Waals surface area contributed by atoms with E-state index in [1.807, 2.05) is 18.2 Å². The second-order valence-corrected chi connectivity index (χ2v) is 7.39. The second kappa shape index (κ2) is 9.14. The van der Waals surface area contributed by atoms with Crippen LogP contribution in [0.3, 0.4) is 0 Å². The topological polar surface area (TPSA) is 102 Å². The largest absolute Gasteiger partial charge is 0.326 e. The first kappa shape index (κ1) is 20.8. The fourth-order valence-electron chi connectivity index (χ4n) is 3.49. The predicted molar refractivity (Wildman–Crippen MR) is 121 cm³/mol. The molecule has 0 aliphatic carbocycles. The number of hydrogen-bond donors (Lipinski definition) is 2. The van der Waals surface area contributed by atoms with E-state index < -0.39 is 0 Å². The molecule has 4 rings (SSSR count). The van der Waals surface area contributed by atoms with E-state index in [9.17, 15) is 14.4 Å². The summed E-state index contributed by atoms with van der Waals surface area (Å²) in [4.78, 5) is 38.7. The monoisotopic (exact) mass is 424 g/mol. The molecule has 1 aliphatic rings. The third-order valence-corrected chi connectivity index (χ3v) is 5.16. The van der Waals surface area contributed by atoms with Gasteiger partial charge in [0.05, 0.1) is 23.0 Å². The first-order chi connectivity index (χ1) is 15.5. The Morgan fingerprint density at radius 1 is 1.00 bits per heavy atom. The summed E-state index contributed by atoms with van der Waals surface area (Å²) in [5.41, 5.74) is 3.82. The number of anilines is 3. The van der Waals surface area contributed by atoms with Crippen LogP contribution in [0.25, 0.3) is 0 Å². The quantitative estimate of drug-likeness (QED) is 0.651. The summed E-state index contributed by atoms with van der Waals surface area (Å²) in [5.74, 6) is -0.677. The van der Waals surface area contributed by atoms with Crippen molar-refractivity contribution in [2.45, 2.75) is 12.8 Å². The lowest BCUT2D eigenvalue weighted by molar-refractivity contribution is -0.116. The van der Waals surface area contributed by atoms with Gasteiger partial charge in [0.15, 0.2) is 0 Å². The molecule has 158 valence electrons. The Kier molecular flexibility index (Phi) is 5.95. The van der Waals surface area contributed by atoms with E-state index in [-0.39, 0.29) is 24.3 Å². The number of nitrogens with one attached hydrogen (secondary N) is 2. The van der Waals surface area contributed by atoms with Crippen LogP contribution in [0.15, 0.2) is 72.8 Å². The number of para-hydroxylation sites is 2. The van der Waals surface area contributed by atoms with Crippen LogP contribution in [0.4, 0.5) is 17.1 Å². The first-order valence-corrected chi connectivity index (χ1v) is 10.1. The van der Waals surface area contributed by atoms with Crippen molar-refractivity contribution >= 4 is 34.8 Å². The number of nitrogens with zero attached hydrogens (tertiary/aromatic N) is 2. The van der Waals surface area contributed by atoms with Crippen molar-refractivity contribution in [3.8, 4) is 6.07 Å². The highest BCUT2D eigenvalue weighted by Crippen LogP contribution is 2.30. The van der Waals surface area contributed by atoms with Crippen molar-refractivity contribution in [1.29, 1.82) is 5.26 Å². The Bertz CT molecular complexity index is 1210. The third kappa shape index (κ3) is 4.65. The Balaban J connectivity index is 1.37. The van der Waals surface area contributed by atoms with Gasteiger partial charge in [-0.05, 0) is 60.5 Å². The molecule has 0 atom stereocenters. The SMILES string of the molecule is N#Cc1ccc(CCC(=O)Nc2ccc(C(=O)N3CC(=O)Nc4ccccc43)cc2)cc1. The number of fused-ring (bicyclic) bond motifs is 1. The van der Waals surface area contributed by atoms with E-state index in [0.717, 1.165) is 5.56 Å². The number of rotatable bonds is 5. The number of amides is 3. The van der Waals surface area contributed by atoms with E-state index >= 15 is 0 Å². The molecule has 3 aromatic rings. The fraction of sp³-hybridized carbons (Fsp3) is 0.120. The molecule has 0 aromatic heterocycles. The van der Waals surface area contributed by atoms with Crippen LogP contribution in [0, 0.1) is 11.3 Å². The van der Waals surface area contributed by atoms with Crippen molar-refractivity contribution in [1.82, 2.24) is 0 Å². The molecular weight excluding hydrogens is 404 g/mol. The molecular formula is C25H20N4O3. The van der Waals surface area contributed by atoms with Crippen molar-refractivity contribution in [3.05, 3.63) is 89.5 Å². The van der Waals surface area contributed by atoms with Crippen LogP contribution in [0.2, 0.25) is 0 Å². The van der Waals surface area contributed by atoms with Crippen LogP contribution in [-0.4, -0.2) is 24.3 Å². The zero-order valence-electron chi connectivity index (χ0n) is 17.2. The van der Waals surface area contributed by atoms with Gasteiger partial charge in [-0.3, -0.25) is 19.3 Å². The summed E-state index contributed by atoms with van der Waals surface area (Å²) in [5, 5.41) is 14.4. The smallest absolute Gasteiger partial charge is 0.258 e. The highest BCUT2D eigenvalue weighted by molar-refractivity contribution is 6.15.